The van der Waals surface area contributed by atoms with Crippen LogP contribution in [0.15, 0.2) is 30.3 Å². The van der Waals surface area contributed by atoms with Gasteiger partial charge in [0.2, 0.25) is 0 Å². The molecule has 4 heteroatoms. The molecule has 2 aromatic rings. The van der Waals surface area contributed by atoms with E-state index in [0.717, 1.165) is 30.3 Å². The quantitative estimate of drug-likeness (QED) is 0.781. The SMILES string of the molecule is CC(C)C1CCCN1C(=O)c1cc(Cl)nc2ccccc12. The van der Waals surface area contributed by atoms with Crippen LogP contribution >= 0.6 is 11.6 Å². The molecule has 0 radical (unpaired) electrons. The van der Waals surface area contributed by atoms with Gasteiger partial charge in [-0.15, -0.1) is 0 Å². The highest BCUT2D eigenvalue weighted by molar-refractivity contribution is 6.30. The van der Waals surface area contributed by atoms with Gasteiger partial charge in [0.05, 0.1) is 11.1 Å². The van der Waals surface area contributed by atoms with Crippen molar-refractivity contribution in [2.75, 3.05) is 6.54 Å². The van der Waals surface area contributed by atoms with E-state index >= 15 is 0 Å². The van der Waals surface area contributed by atoms with E-state index in [1.54, 1.807) is 6.07 Å². The van der Waals surface area contributed by atoms with Gasteiger partial charge in [-0.2, -0.15) is 0 Å². The van der Waals surface area contributed by atoms with Gasteiger partial charge in [0, 0.05) is 18.0 Å². The van der Waals surface area contributed by atoms with Crippen LogP contribution in [0.4, 0.5) is 0 Å². The zero-order chi connectivity index (χ0) is 15.0. The lowest BCUT2D eigenvalue weighted by Crippen LogP contribution is -2.38. The highest BCUT2D eigenvalue weighted by atomic mass is 35.5. The van der Waals surface area contributed by atoms with Crippen molar-refractivity contribution in [3.05, 3.63) is 41.0 Å². The molecule has 1 aromatic heterocycles. The minimum absolute atomic E-state index is 0.0756. The summed E-state index contributed by atoms with van der Waals surface area (Å²) in [6.45, 7) is 5.18. The molecular weight excluding hydrogens is 284 g/mol. The molecule has 0 N–H and O–H groups in total. The van der Waals surface area contributed by atoms with Crippen molar-refractivity contribution in [2.24, 2.45) is 5.92 Å². The Morgan fingerprint density at radius 3 is 2.90 bits per heavy atom. The Bertz CT molecular complexity index is 684. The number of likely N-dealkylation sites (tertiary alicyclic amines) is 1. The summed E-state index contributed by atoms with van der Waals surface area (Å²) in [6, 6.07) is 9.68. The first-order valence-electron chi connectivity index (χ1n) is 7.44. The van der Waals surface area contributed by atoms with Gasteiger partial charge in [0.1, 0.15) is 5.15 Å². The molecule has 0 saturated carbocycles. The number of rotatable bonds is 2. The molecule has 3 rings (SSSR count). The summed E-state index contributed by atoms with van der Waals surface area (Å²) < 4.78 is 0. The lowest BCUT2D eigenvalue weighted by molar-refractivity contribution is 0.0703. The van der Waals surface area contributed by atoms with E-state index in [9.17, 15) is 4.79 Å². The number of carbonyl (C=O) groups excluding carboxylic acids is 1. The number of hydrogen-bond acceptors (Lipinski definition) is 2. The average molecular weight is 303 g/mol. The minimum atomic E-state index is 0.0756. The molecule has 1 aliphatic rings. The minimum Gasteiger partial charge on any atom is -0.335 e. The van der Waals surface area contributed by atoms with E-state index in [-0.39, 0.29) is 5.91 Å². The molecule has 2 heterocycles. The Labute approximate surface area is 129 Å². The van der Waals surface area contributed by atoms with Gasteiger partial charge >= 0.3 is 0 Å². The van der Waals surface area contributed by atoms with E-state index < -0.39 is 0 Å². The molecule has 1 aliphatic heterocycles. The Kier molecular flexibility index (Phi) is 3.85. The van der Waals surface area contributed by atoms with Crippen LogP contribution in [-0.2, 0) is 0 Å². The highest BCUT2D eigenvalue weighted by Crippen LogP contribution is 2.28. The number of para-hydroxylation sites is 1. The summed E-state index contributed by atoms with van der Waals surface area (Å²) in [7, 11) is 0. The summed E-state index contributed by atoms with van der Waals surface area (Å²) in [5, 5.41) is 1.25. The molecule has 1 fully saturated rings. The fraction of sp³-hybridized carbons (Fsp3) is 0.412. The van der Waals surface area contributed by atoms with Gasteiger partial charge < -0.3 is 4.90 Å². The normalized spacial score (nSPS) is 18.7. The monoisotopic (exact) mass is 302 g/mol. The van der Waals surface area contributed by atoms with Crippen molar-refractivity contribution in [2.45, 2.75) is 32.7 Å². The summed E-state index contributed by atoms with van der Waals surface area (Å²) in [5.74, 6) is 0.548. The number of amides is 1. The van der Waals surface area contributed by atoms with E-state index in [1.807, 2.05) is 29.2 Å². The summed E-state index contributed by atoms with van der Waals surface area (Å²) in [6.07, 6.45) is 2.16. The van der Waals surface area contributed by atoms with Crippen molar-refractivity contribution in [3.63, 3.8) is 0 Å². The second-order valence-corrected chi connectivity index (χ2v) is 6.35. The van der Waals surface area contributed by atoms with Crippen molar-refractivity contribution < 1.29 is 4.79 Å². The van der Waals surface area contributed by atoms with Crippen LogP contribution in [0.3, 0.4) is 0 Å². The summed E-state index contributed by atoms with van der Waals surface area (Å²) in [4.78, 5) is 19.3. The zero-order valence-electron chi connectivity index (χ0n) is 12.3. The molecule has 0 aliphatic carbocycles. The Morgan fingerprint density at radius 1 is 1.38 bits per heavy atom. The van der Waals surface area contributed by atoms with Crippen LogP contribution in [0.5, 0.6) is 0 Å². The standard InChI is InChI=1S/C17H19ClN2O/c1-11(2)15-8-5-9-20(15)17(21)13-10-16(18)19-14-7-4-3-6-12(13)14/h3-4,6-7,10-11,15H,5,8-9H2,1-2H3. The maximum absolute atomic E-state index is 13.0. The first-order valence-corrected chi connectivity index (χ1v) is 7.82. The van der Waals surface area contributed by atoms with Gasteiger partial charge in [-0.1, -0.05) is 43.6 Å². The number of aromatic nitrogens is 1. The average Bonchev–Trinajstić information content (AvgIpc) is 2.95. The number of benzene rings is 1. The predicted octanol–water partition coefficient (Wildman–Crippen LogP) is 4.15. The Morgan fingerprint density at radius 2 is 2.14 bits per heavy atom. The maximum atomic E-state index is 13.0. The van der Waals surface area contributed by atoms with Gasteiger partial charge in [0.15, 0.2) is 0 Å². The van der Waals surface area contributed by atoms with Crippen LogP contribution in [0.25, 0.3) is 10.9 Å². The zero-order valence-corrected chi connectivity index (χ0v) is 13.1. The molecule has 0 spiro atoms. The lowest BCUT2D eigenvalue weighted by atomic mass is 10.0. The fourth-order valence-electron chi connectivity index (χ4n) is 3.21. The van der Waals surface area contributed by atoms with Crippen molar-refractivity contribution in [3.8, 4) is 0 Å². The third-order valence-electron chi connectivity index (χ3n) is 4.24. The van der Waals surface area contributed by atoms with Crippen LogP contribution in [0.1, 0.15) is 37.0 Å². The molecule has 110 valence electrons. The predicted molar refractivity (Wildman–Crippen MR) is 85.6 cm³/mol. The van der Waals surface area contributed by atoms with Gasteiger partial charge in [-0.25, -0.2) is 4.98 Å². The van der Waals surface area contributed by atoms with Gasteiger partial charge in [0.25, 0.3) is 5.91 Å². The highest BCUT2D eigenvalue weighted by Gasteiger charge is 2.32. The summed E-state index contributed by atoms with van der Waals surface area (Å²) in [5.41, 5.74) is 1.44. The third-order valence-corrected chi connectivity index (χ3v) is 4.44. The number of pyridine rings is 1. The smallest absolute Gasteiger partial charge is 0.254 e. The molecule has 1 unspecified atom stereocenters. The second-order valence-electron chi connectivity index (χ2n) is 5.96. The Balaban J connectivity index is 2.05. The van der Waals surface area contributed by atoms with Gasteiger partial charge in [-0.3, -0.25) is 4.79 Å². The van der Waals surface area contributed by atoms with Crippen molar-refractivity contribution >= 4 is 28.4 Å². The van der Waals surface area contributed by atoms with Crippen LogP contribution in [0.2, 0.25) is 5.15 Å². The van der Waals surface area contributed by atoms with E-state index in [4.69, 9.17) is 11.6 Å². The summed E-state index contributed by atoms with van der Waals surface area (Å²) >= 11 is 6.09. The fourth-order valence-corrected chi connectivity index (χ4v) is 3.41. The molecule has 1 aromatic carbocycles. The molecule has 0 bridgehead atoms. The van der Waals surface area contributed by atoms with Crippen LogP contribution in [0, 0.1) is 5.92 Å². The maximum Gasteiger partial charge on any atom is 0.254 e. The molecule has 1 atom stereocenters. The van der Waals surface area contributed by atoms with Crippen molar-refractivity contribution in [1.82, 2.24) is 9.88 Å². The van der Waals surface area contributed by atoms with Crippen molar-refractivity contribution in [1.29, 1.82) is 0 Å². The third kappa shape index (κ3) is 2.62. The molecule has 1 amide bonds. The second kappa shape index (κ2) is 5.64. The Hall–Kier alpha value is -1.61. The van der Waals surface area contributed by atoms with Crippen LogP contribution < -0.4 is 0 Å². The number of fused-ring (bicyclic) bond motifs is 1. The largest absolute Gasteiger partial charge is 0.335 e. The van der Waals surface area contributed by atoms with Gasteiger partial charge in [-0.05, 0) is 30.9 Å². The van der Waals surface area contributed by atoms with E-state index in [0.29, 0.717) is 22.7 Å². The molecule has 3 nitrogen and oxygen atoms in total. The first kappa shape index (κ1) is 14.3. The number of halogens is 1. The molecular formula is C17H19ClN2O. The number of nitrogens with zero attached hydrogens (tertiary/aromatic N) is 2. The van der Waals surface area contributed by atoms with E-state index in [1.165, 1.54) is 0 Å². The number of hydrogen-bond donors (Lipinski definition) is 0. The van der Waals surface area contributed by atoms with Crippen LogP contribution in [-0.4, -0.2) is 28.4 Å². The molecule has 1 saturated heterocycles. The molecule has 21 heavy (non-hydrogen) atoms. The lowest BCUT2D eigenvalue weighted by Gasteiger charge is -2.28. The first-order chi connectivity index (χ1) is 10.1. The topological polar surface area (TPSA) is 33.2 Å². The van der Waals surface area contributed by atoms with E-state index in [2.05, 4.69) is 18.8 Å². The number of carbonyl (C=O) groups is 1.